The molecule has 1 unspecified atom stereocenters. The van der Waals surface area contributed by atoms with E-state index in [9.17, 15) is 18.0 Å². The topological polar surface area (TPSA) is 92.7 Å². The number of anilines is 1. The van der Waals surface area contributed by atoms with Crippen LogP contribution < -0.4 is 19.7 Å². The lowest BCUT2D eigenvalue weighted by molar-refractivity contribution is -0.138. The highest BCUT2D eigenvalue weighted by atomic mass is 19.4. The van der Waals surface area contributed by atoms with Crippen molar-refractivity contribution < 1.29 is 27.4 Å². The van der Waals surface area contributed by atoms with E-state index in [1.165, 1.54) is 6.20 Å². The number of fused-ring (bicyclic) bond motifs is 2. The first-order valence-electron chi connectivity index (χ1n) is 15.3. The molecule has 3 aliphatic heterocycles. The predicted octanol–water partition coefficient (Wildman–Crippen LogP) is 5.10. The molecule has 1 spiro atoms. The molecule has 0 radical (unpaired) electrons. The van der Waals surface area contributed by atoms with Gasteiger partial charge in [0.25, 0.3) is 5.91 Å². The van der Waals surface area contributed by atoms with E-state index in [0.717, 1.165) is 24.7 Å². The number of hydrogen-bond acceptors (Lipinski definition) is 8. The molecule has 0 saturated carbocycles. The van der Waals surface area contributed by atoms with Crippen LogP contribution in [0.15, 0.2) is 42.9 Å². The number of alkyl halides is 3. The fourth-order valence-corrected chi connectivity index (χ4v) is 6.74. The lowest BCUT2D eigenvalue weighted by Gasteiger charge is -2.49. The number of carbonyl (C=O) groups is 1. The number of carbonyl (C=O) groups excluding carboxylic acids is 1. The maximum Gasteiger partial charge on any atom is 0.422 e. The molecule has 1 atom stereocenters. The molecule has 1 amide bonds. The van der Waals surface area contributed by atoms with Crippen molar-refractivity contribution in [2.75, 3.05) is 50.8 Å². The lowest BCUT2D eigenvalue weighted by Crippen LogP contribution is -2.57. The highest BCUT2D eigenvalue weighted by Gasteiger charge is 2.49. The molecule has 1 N–H and O–H groups in total. The van der Waals surface area contributed by atoms with Crippen LogP contribution in [0.25, 0.3) is 11.3 Å². The monoisotopic (exact) mass is 610 g/mol. The SMILES string of the molecule is CCCOc1cncc(N2CCC3(CC2)CN(C2CCNC2)C(=O)c2nc(-c4cccnc4OCC)ccc23)c1C(F)(F)F. The van der Waals surface area contributed by atoms with Gasteiger partial charge in [-0.3, -0.25) is 9.78 Å². The maximum atomic E-state index is 14.4. The van der Waals surface area contributed by atoms with E-state index in [2.05, 4.69) is 15.3 Å². The van der Waals surface area contributed by atoms with Gasteiger partial charge in [0.15, 0.2) is 5.75 Å². The van der Waals surface area contributed by atoms with Gasteiger partial charge in [0.1, 0.15) is 11.3 Å². The number of piperidine rings is 1. The number of nitrogens with zero attached hydrogens (tertiary/aromatic N) is 5. The number of amides is 1. The van der Waals surface area contributed by atoms with Crippen molar-refractivity contribution in [3.63, 3.8) is 0 Å². The average Bonchev–Trinajstić information content (AvgIpc) is 3.57. The number of pyridine rings is 3. The van der Waals surface area contributed by atoms with Crippen LogP contribution in [0.4, 0.5) is 18.9 Å². The molecule has 2 fully saturated rings. The summed E-state index contributed by atoms with van der Waals surface area (Å²) in [6.45, 7) is 7.10. The van der Waals surface area contributed by atoms with E-state index in [0.29, 0.717) is 74.9 Å². The van der Waals surface area contributed by atoms with Gasteiger partial charge in [0, 0.05) is 43.8 Å². The number of nitrogens with one attached hydrogen (secondary N) is 1. The zero-order chi connectivity index (χ0) is 30.9. The van der Waals surface area contributed by atoms with Gasteiger partial charge in [-0.05, 0) is 62.9 Å². The normalized spacial score (nSPS) is 19.8. The largest absolute Gasteiger partial charge is 0.491 e. The summed E-state index contributed by atoms with van der Waals surface area (Å²) in [4.78, 5) is 31.1. The third-order valence-electron chi connectivity index (χ3n) is 8.90. The molecular formula is C32H37F3N6O3. The number of aromatic nitrogens is 3. The summed E-state index contributed by atoms with van der Waals surface area (Å²) in [5.41, 5.74) is 1.33. The molecule has 3 aromatic heterocycles. The quantitative estimate of drug-likeness (QED) is 0.377. The molecule has 44 heavy (non-hydrogen) atoms. The summed E-state index contributed by atoms with van der Waals surface area (Å²) >= 11 is 0. The van der Waals surface area contributed by atoms with Crippen molar-refractivity contribution in [2.45, 2.75) is 57.2 Å². The Morgan fingerprint density at radius 3 is 2.64 bits per heavy atom. The molecule has 0 aliphatic carbocycles. The van der Waals surface area contributed by atoms with Crippen molar-refractivity contribution in [3.8, 4) is 22.9 Å². The molecule has 6 rings (SSSR count). The van der Waals surface area contributed by atoms with Gasteiger partial charge in [-0.2, -0.15) is 13.2 Å². The van der Waals surface area contributed by atoms with Crippen LogP contribution in [0.1, 0.15) is 61.1 Å². The van der Waals surface area contributed by atoms with Crippen LogP contribution in [0.3, 0.4) is 0 Å². The van der Waals surface area contributed by atoms with E-state index >= 15 is 0 Å². The second-order valence-corrected chi connectivity index (χ2v) is 11.6. The van der Waals surface area contributed by atoms with Gasteiger partial charge in [-0.25, -0.2) is 9.97 Å². The third-order valence-corrected chi connectivity index (χ3v) is 8.90. The van der Waals surface area contributed by atoms with Crippen LogP contribution >= 0.6 is 0 Å². The first-order chi connectivity index (χ1) is 21.3. The Kier molecular flexibility index (Phi) is 8.36. The molecule has 0 bridgehead atoms. The molecule has 12 heteroatoms. The van der Waals surface area contributed by atoms with E-state index in [1.807, 2.05) is 36.9 Å². The summed E-state index contributed by atoms with van der Waals surface area (Å²) in [6, 6.07) is 7.58. The Bertz CT molecular complexity index is 1500. The van der Waals surface area contributed by atoms with Gasteiger partial charge in [-0.1, -0.05) is 13.0 Å². The van der Waals surface area contributed by atoms with Crippen molar-refractivity contribution >= 4 is 11.6 Å². The standard InChI is InChI=1S/C32H37F3N6O3/c1-3-16-44-26-19-37-18-25(27(26)32(33,34)35)40-14-10-31(11-15-40)20-41(21-9-13-36-17-21)30(42)28-23(31)7-8-24(39-28)22-6-5-12-38-29(22)43-4-2/h5-8,12,18-19,21,36H,3-4,9-11,13-17,20H2,1-2H3. The Hall–Kier alpha value is -3.93. The molecule has 3 aliphatic rings. The minimum absolute atomic E-state index is 0.0263. The minimum Gasteiger partial charge on any atom is -0.491 e. The van der Waals surface area contributed by atoms with E-state index < -0.39 is 17.2 Å². The second kappa shape index (κ2) is 12.2. The first-order valence-corrected chi connectivity index (χ1v) is 15.3. The lowest BCUT2D eigenvalue weighted by atomic mass is 9.69. The average molecular weight is 611 g/mol. The number of hydrogen-bond donors (Lipinski definition) is 1. The highest BCUT2D eigenvalue weighted by Crippen LogP contribution is 2.47. The zero-order valence-corrected chi connectivity index (χ0v) is 25.0. The van der Waals surface area contributed by atoms with Crippen molar-refractivity contribution in [3.05, 3.63) is 59.7 Å². The van der Waals surface area contributed by atoms with Crippen molar-refractivity contribution in [2.24, 2.45) is 0 Å². The second-order valence-electron chi connectivity index (χ2n) is 11.6. The number of rotatable bonds is 8. The molecule has 0 aromatic carbocycles. The van der Waals surface area contributed by atoms with Gasteiger partial charge >= 0.3 is 6.18 Å². The number of halogens is 3. The number of ether oxygens (including phenoxy) is 2. The first kappa shape index (κ1) is 30.1. The Labute approximate surface area is 254 Å². The minimum atomic E-state index is -4.60. The van der Waals surface area contributed by atoms with Crippen LogP contribution in [-0.4, -0.2) is 77.7 Å². The third kappa shape index (κ3) is 5.55. The smallest absolute Gasteiger partial charge is 0.422 e. The van der Waals surface area contributed by atoms with Gasteiger partial charge in [-0.15, -0.1) is 0 Å². The summed E-state index contributed by atoms with van der Waals surface area (Å²) < 4.78 is 54.3. The molecule has 2 saturated heterocycles. The molecule has 234 valence electrons. The summed E-state index contributed by atoms with van der Waals surface area (Å²) in [7, 11) is 0. The van der Waals surface area contributed by atoms with E-state index in [1.54, 1.807) is 17.2 Å². The maximum absolute atomic E-state index is 14.4. The molecule has 6 heterocycles. The van der Waals surface area contributed by atoms with Gasteiger partial charge in [0.05, 0.1) is 42.6 Å². The summed E-state index contributed by atoms with van der Waals surface area (Å²) in [6.07, 6.45) is 2.02. The van der Waals surface area contributed by atoms with Crippen LogP contribution in [0.2, 0.25) is 0 Å². The fraction of sp³-hybridized carbons (Fsp3) is 0.500. The molecular weight excluding hydrogens is 573 g/mol. The van der Waals surface area contributed by atoms with Crippen molar-refractivity contribution in [1.82, 2.24) is 25.2 Å². The fourth-order valence-electron chi connectivity index (χ4n) is 6.74. The highest BCUT2D eigenvalue weighted by molar-refractivity contribution is 5.96. The molecule has 3 aromatic rings. The van der Waals surface area contributed by atoms with Gasteiger partial charge in [0.2, 0.25) is 5.88 Å². The Morgan fingerprint density at radius 1 is 1.11 bits per heavy atom. The predicted molar refractivity (Wildman–Crippen MR) is 159 cm³/mol. The molecule has 9 nitrogen and oxygen atoms in total. The van der Waals surface area contributed by atoms with E-state index in [4.69, 9.17) is 14.5 Å². The summed E-state index contributed by atoms with van der Waals surface area (Å²) in [5.74, 6) is 0.0868. The van der Waals surface area contributed by atoms with Crippen molar-refractivity contribution in [1.29, 1.82) is 0 Å². The van der Waals surface area contributed by atoms with Crippen LogP contribution in [-0.2, 0) is 11.6 Å². The Morgan fingerprint density at radius 2 is 1.93 bits per heavy atom. The zero-order valence-electron chi connectivity index (χ0n) is 25.0. The van der Waals surface area contributed by atoms with Gasteiger partial charge < -0.3 is 24.6 Å². The Balaban J connectivity index is 1.36. The van der Waals surface area contributed by atoms with E-state index in [-0.39, 0.29) is 30.0 Å². The van der Waals surface area contributed by atoms with Crippen LogP contribution in [0.5, 0.6) is 11.6 Å². The summed E-state index contributed by atoms with van der Waals surface area (Å²) in [5, 5.41) is 3.36. The van der Waals surface area contributed by atoms with Crippen LogP contribution in [0, 0.1) is 0 Å².